The van der Waals surface area contributed by atoms with Gasteiger partial charge in [0.1, 0.15) is 16.5 Å². The molecule has 0 atom stereocenters. The molecule has 4 aromatic carbocycles. The molecular weight excluding hydrogens is 705 g/mol. The summed E-state index contributed by atoms with van der Waals surface area (Å²) >= 11 is 0. The van der Waals surface area contributed by atoms with Crippen molar-refractivity contribution < 1.29 is 21.6 Å². The molecule has 0 saturated heterocycles. The highest BCUT2D eigenvalue weighted by atomic mass is 32.2. The first-order valence-electron chi connectivity index (χ1n) is 17.7. The Morgan fingerprint density at radius 2 is 1.31 bits per heavy atom. The van der Waals surface area contributed by atoms with E-state index in [-0.39, 0.29) is 23.1 Å². The zero-order valence-corrected chi connectivity index (χ0v) is 30.4. The van der Waals surface area contributed by atoms with Crippen LogP contribution in [-0.4, -0.2) is 35.1 Å². The van der Waals surface area contributed by atoms with Gasteiger partial charge in [-0.05, 0) is 96.8 Å². The molecule has 7 aromatic rings. The molecule has 0 unspecified atom stereocenters. The number of rotatable bonds is 14. The van der Waals surface area contributed by atoms with E-state index in [1.54, 1.807) is 36.5 Å². The van der Waals surface area contributed by atoms with Crippen LogP contribution in [0.4, 0.5) is 8.78 Å². The third-order valence-corrected chi connectivity index (χ3v) is 10.7. The van der Waals surface area contributed by atoms with E-state index in [2.05, 4.69) is 24.9 Å². The summed E-state index contributed by atoms with van der Waals surface area (Å²) in [5, 5.41) is 8.59. The Morgan fingerprint density at radius 3 is 2.04 bits per heavy atom. The van der Waals surface area contributed by atoms with Crippen LogP contribution in [-0.2, 0) is 29.3 Å². The number of sulfonamides is 1. The molecule has 0 spiro atoms. The van der Waals surface area contributed by atoms with Crippen molar-refractivity contribution in [3.63, 3.8) is 0 Å². The topological polar surface area (TPSA) is 111 Å². The fourth-order valence-corrected chi connectivity index (χ4v) is 7.26. The minimum Gasteiger partial charge on any atom is -0.421 e. The smallest absolute Gasteiger partial charge is 0.249 e. The molecule has 0 amide bonds. The van der Waals surface area contributed by atoms with Gasteiger partial charge < -0.3 is 4.42 Å². The van der Waals surface area contributed by atoms with Crippen LogP contribution in [0.1, 0.15) is 35.6 Å². The number of aryl methyl sites for hydroxylation is 4. The summed E-state index contributed by atoms with van der Waals surface area (Å²) in [7, 11) is -3.61. The lowest BCUT2D eigenvalue weighted by atomic mass is 9.97. The molecule has 272 valence electrons. The van der Waals surface area contributed by atoms with Crippen LogP contribution in [0.3, 0.4) is 0 Å². The van der Waals surface area contributed by atoms with E-state index in [9.17, 15) is 12.8 Å². The normalized spacial score (nSPS) is 11.5. The SMILES string of the molecule is Cc1ncc(-c2ccc(F)c(-c3ccc(CCCNS(=O)(=O)c4cccnc4)cc3)c2)cc1-c1nnc(CCCc2ccc(-c3ccccc3F)cc2)o1. The number of halogens is 2. The lowest BCUT2D eigenvalue weighted by Crippen LogP contribution is -2.25. The first-order valence-corrected chi connectivity index (χ1v) is 19.1. The maximum absolute atomic E-state index is 15.2. The summed E-state index contributed by atoms with van der Waals surface area (Å²) < 4.78 is 62.9. The van der Waals surface area contributed by atoms with E-state index < -0.39 is 10.0 Å². The highest BCUT2D eigenvalue weighted by Crippen LogP contribution is 2.32. The molecule has 8 nitrogen and oxygen atoms in total. The molecule has 0 aliphatic carbocycles. The van der Waals surface area contributed by atoms with E-state index in [0.29, 0.717) is 47.7 Å². The summed E-state index contributed by atoms with van der Waals surface area (Å²) in [6, 6.07) is 32.2. The summed E-state index contributed by atoms with van der Waals surface area (Å²) in [5.41, 5.74) is 7.74. The van der Waals surface area contributed by atoms with Gasteiger partial charge in [0, 0.05) is 53.9 Å². The fraction of sp³-hybridized carbons (Fsp3) is 0.163. The van der Waals surface area contributed by atoms with Crippen LogP contribution in [0, 0.1) is 18.6 Å². The number of hydrogen-bond donors (Lipinski definition) is 1. The number of hydrogen-bond acceptors (Lipinski definition) is 7. The minimum absolute atomic E-state index is 0.130. The lowest BCUT2D eigenvalue weighted by Gasteiger charge is -2.10. The number of nitrogens with one attached hydrogen (secondary N) is 1. The number of nitrogens with zero attached hydrogens (tertiary/aromatic N) is 4. The first-order chi connectivity index (χ1) is 26.2. The van der Waals surface area contributed by atoms with Crippen LogP contribution in [0.15, 0.2) is 137 Å². The van der Waals surface area contributed by atoms with Crippen molar-refractivity contribution in [1.82, 2.24) is 24.9 Å². The first kappa shape index (κ1) is 36.4. The third kappa shape index (κ3) is 8.65. The molecule has 54 heavy (non-hydrogen) atoms. The van der Waals surface area contributed by atoms with Gasteiger partial charge >= 0.3 is 0 Å². The van der Waals surface area contributed by atoms with E-state index in [1.165, 1.54) is 30.6 Å². The Bertz CT molecular complexity index is 2470. The standard InChI is InChI=1S/C43H37F2N5O3S/c1-29-38(43-50-49-42(53-43)12-4-7-30-13-17-32(18-14-30)37-10-2-3-11-40(37)44)26-35(27-47-29)34-21-22-41(45)39(25-34)33-19-15-31(16-20-33)8-5-24-48-54(51,52)36-9-6-23-46-28-36/h2-3,6,9-11,13-23,25-28,48H,4-5,7-8,12,24H2,1H3. The Kier molecular flexibility index (Phi) is 11.1. The van der Waals surface area contributed by atoms with Crippen molar-refractivity contribution in [2.75, 3.05) is 6.54 Å². The average Bonchev–Trinajstić information content (AvgIpc) is 3.67. The molecule has 0 bridgehead atoms. The van der Waals surface area contributed by atoms with Crippen LogP contribution >= 0.6 is 0 Å². The summed E-state index contributed by atoms with van der Waals surface area (Å²) in [4.78, 5) is 8.59. The minimum atomic E-state index is -3.61. The van der Waals surface area contributed by atoms with Gasteiger partial charge in [-0.3, -0.25) is 9.97 Å². The molecule has 3 heterocycles. The predicted molar refractivity (Wildman–Crippen MR) is 205 cm³/mol. The van der Waals surface area contributed by atoms with E-state index in [4.69, 9.17) is 4.42 Å². The zero-order valence-electron chi connectivity index (χ0n) is 29.5. The molecule has 3 aromatic heterocycles. The van der Waals surface area contributed by atoms with Crippen LogP contribution in [0.5, 0.6) is 0 Å². The second kappa shape index (κ2) is 16.4. The second-order valence-corrected chi connectivity index (χ2v) is 14.7. The molecule has 7 rings (SSSR count). The van der Waals surface area contributed by atoms with Gasteiger partial charge in [-0.25, -0.2) is 21.9 Å². The maximum atomic E-state index is 15.2. The van der Waals surface area contributed by atoms with Crippen LogP contribution < -0.4 is 4.72 Å². The molecule has 0 saturated carbocycles. The maximum Gasteiger partial charge on any atom is 0.249 e. The highest BCUT2D eigenvalue weighted by molar-refractivity contribution is 7.89. The summed E-state index contributed by atoms with van der Waals surface area (Å²) in [5.74, 6) is 0.306. The van der Waals surface area contributed by atoms with Gasteiger partial charge in [-0.2, -0.15) is 0 Å². The largest absolute Gasteiger partial charge is 0.421 e. The van der Waals surface area contributed by atoms with Crippen molar-refractivity contribution in [3.8, 4) is 44.8 Å². The molecule has 0 radical (unpaired) electrons. The Balaban J connectivity index is 0.970. The van der Waals surface area contributed by atoms with Gasteiger partial charge in [0.05, 0.1) is 5.56 Å². The Hall–Kier alpha value is -5.91. The van der Waals surface area contributed by atoms with E-state index in [0.717, 1.165) is 51.9 Å². The molecule has 0 aliphatic rings. The Labute approximate surface area is 313 Å². The van der Waals surface area contributed by atoms with Gasteiger partial charge in [0.25, 0.3) is 0 Å². The van der Waals surface area contributed by atoms with Crippen molar-refractivity contribution in [1.29, 1.82) is 0 Å². The highest BCUT2D eigenvalue weighted by Gasteiger charge is 2.16. The average molecular weight is 742 g/mol. The predicted octanol–water partition coefficient (Wildman–Crippen LogP) is 9.20. The number of pyridine rings is 2. The number of aromatic nitrogens is 4. The molecule has 11 heteroatoms. The quantitative estimate of drug-likeness (QED) is 0.111. The molecule has 0 aliphatic heterocycles. The van der Waals surface area contributed by atoms with E-state index >= 15 is 4.39 Å². The second-order valence-electron chi connectivity index (χ2n) is 13.0. The monoisotopic (exact) mass is 741 g/mol. The molecule has 1 N–H and O–H groups in total. The Morgan fingerprint density at radius 1 is 0.648 bits per heavy atom. The number of benzene rings is 4. The van der Waals surface area contributed by atoms with Gasteiger partial charge in [-0.15, -0.1) is 10.2 Å². The lowest BCUT2D eigenvalue weighted by molar-refractivity contribution is 0.497. The van der Waals surface area contributed by atoms with Crippen molar-refractivity contribution in [3.05, 3.63) is 162 Å². The van der Waals surface area contributed by atoms with Gasteiger partial charge in [-0.1, -0.05) is 72.8 Å². The summed E-state index contributed by atoms with van der Waals surface area (Å²) in [6.45, 7) is 2.16. The van der Waals surface area contributed by atoms with Crippen molar-refractivity contribution in [2.24, 2.45) is 0 Å². The molecular formula is C43H37F2N5O3S. The third-order valence-electron chi connectivity index (χ3n) is 9.22. The van der Waals surface area contributed by atoms with Crippen molar-refractivity contribution in [2.45, 2.75) is 43.9 Å². The van der Waals surface area contributed by atoms with Gasteiger partial charge in [0.15, 0.2) is 0 Å². The van der Waals surface area contributed by atoms with Crippen LogP contribution in [0.2, 0.25) is 0 Å². The van der Waals surface area contributed by atoms with Crippen molar-refractivity contribution >= 4 is 10.0 Å². The zero-order chi connectivity index (χ0) is 37.5. The van der Waals surface area contributed by atoms with E-state index in [1.807, 2.05) is 67.6 Å². The fourth-order valence-electron chi connectivity index (χ4n) is 6.23. The van der Waals surface area contributed by atoms with Crippen LogP contribution in [0.25, 0.3) is 44.8 Å². The summed E-state index contributed by atoms with van der Waals surface area (Å²) in [6.07, 6.45) is 8.04. The van der Waals surface area contributed by atoms with Gasteiger partial charge in [0.2, 0.25) is 21.8 Å². The molecule has 0 fully saturated rings.